The molecule has 3 rings (SSSR count). The highest BCUT2D eigenvalue weighted by atomic mass is 15.3. The first kappa shape index (κ1) is 14.3. The molecule has 0 radical (unpaired) electrons. The normalized spacial score (nSPS) is 18.2. The van der Waals surface area contributed by atoms with Gasteiger partial charge in [0, 0.05) is 37.2 Å². The summed E-state index contributed by atoms with van der Waals surface area (Å²) in [7, 11) is 0. The Morgan fingerprint density at radius 2 is 2.05 bits per heavy atom. The second-order valence-corrected chi connectivity index (χ2v) is 6.42. The van der Waals surface area contributed by atoms with E-state index in [0.29, 0.717) is 6.04 Å². The second kappa shape index (κ2) is 5.64. The quantitative estimate of drug-likeness (QED) is 0.913. The zero-order chi connectivity index (χ0) is 14.9. The van der Waals surface area contributed by atoms with E-state index in [1.54, 1.807) is 0 Å². The van der Waals surface area contributed by atoms with Gasteiger partial charge >= 0.3 is 0 Å². The molecule has 2 heterocycles. The van der Waals surface area contributed by atoms with E-state index < -0.39 is 0 Å². The van der Waals surface area contributed by atoms with E-state index in [4.69, 9.17) is 5.10 Å². The van der Waals surface area contributed by atoms with E-state index in [9.17, 15) is 0 Å². The molecule has 1 aromatic heterocycles. The molecular weight excluding hydrogens is 258 g/mol. The Kier molecular flexibility index (Phi) is 3.85. The molecule has 1 aliphatic rings. The summed E-state index contributed by atoms with van der Waals surface area (Å²) in [5.41, 5.74) is 4.29. The zero-order valence-electron chi connectivity index (χ0n) is 13.3. The van der Waals surface area contributed by atoms with Crippen LogP contribution in [0.5, 0.6) is 0 Å². The molecule has 0 aliphatic carbocycles. The molecule has 0 bridgehead atoms. The van der Waals surface area contributed by atoms with Gasteiger partial charge in [-0.15, -0.1) is 0 Å². The summed E-state index contributed by atoms with van der Waals surface area (Å²) in [4.78, 5) is 0. The summed E-state index contributed by atoms with van der Waals surface area (Å²) in [6.07, 6.45) is 4.26. The third-order valence-electron chi connectivity index (χ3n) is 4.87. The highest BCUT2D eigenvalue weighted by molar-refractivity contribution is 5.38. The number of rotatable bonds is 5. The molecule has 1 atom stereocenters. The molecule has 3 heteroatoms. The Morgan fingerprint density at radius 1 is 1.29 bits per heavy atom. The highest BCUT2D eigenvalue weighted by Crippen LogP contribution is 2.34. The average molecular weight is 283 g/mol. The minimum absolute atomic E-state index is 0.222. The van der Waals surface area contributed by atoms with Gasteiger partial charge < -0.3 is 5.32 Å². The van der Waals surface area contributed by atoms with Crippen molar-refractivity contribution in [1.82, 2.24) is 15.1 Å². The van der Waals surface area contributed by atoms with Gasteiger partial charge in [0.25, 0.3) is 0 Å². The van der Waals surface area contributed by atoms with Crippen LogP contribution in [0.4, 0.5) is 0 Å². The lowest BCUT2D eigenvalue weighted by Crippen LogP contribution is -2.58. The maximum atomic E-state index is 4.79. The van der Waals surface area contributed by atoms with E-state index in [1.807, 2.05) is 0 Å². The lowest BCUT2D eigenvalue weighted by molar-refractivity contribution is 0.270. The summed E-state index contributed by atoms with van der Waals surface area (Å²) >= 11 is 0. The molecule has 2 aromatic rings. The van der Waals surface area contributed by atoms with Crippen molar-refractivity contribution in [1.29, 1.82) is 0 Å². The third kappa shape index (κ3) is 2.62. The van der Waals surface area contributed by atoms with Crippen LogP contribution < -0.4 is 5.32 Å². The van der Waals surface area contributed by atoms with Crippen molar-refractivity contribution >= 4 is 0 Å². The smallest absolute Gasteiger partial charge is 0.0634 e. The van der Waals surface area contributed by atoms with Crippen LogP contribution in [0, 0.1) is 6.92 Å². The van der Waals surface area contributed by atoms with E-state index in [-0.39, 0.29) is 5.41 Å². The Morgan fingerprint density at radius 3 is 2.67 bits per heavy atom. The maximum absolute atomic E-state index is 4.79. The summed E-state index contributed by atoms with van der Waals surface area (Å²) in [6, 6.07) is 11.4. The number of benzene rings is 1. The van der Waals surface area contributed by atoms with Crippen LogP contribution in [0.25, 0.3) is 0 Å². The third-order valence-corrected chi connectivity index (χ3v) is 4.87. The van der Waals surface area contributed by atoms with Crippen molar-refractivity contribution in [3.63, 3.8) is 0 Å². The van der Waals surface area contributed by atoms with Crippen LogP contribution in [0.15, 0.2) is 36.5 Å². The van der Waals surface area contributed by atoms with Crippen LogP contribution >= 0.6 is 0 Å². The van der Waals surface area contributed by atoms with Gasteiger partial charge in [-0.05, 0) is 37.5 Å². The van der Waals surface area contributed by atoms with Gasteiger partial charge in [0.2, 0.25) is 0 Å². The molecule has 1 fully saturated rings. The van der Waals surface area contributed by atoms with Gasteiger partial charge in [0.05, 0.1) is 5.69 Å². The largest absolute Gasteiger partial charge is 0.315 e. The molecule has 21 heavy (non-hydrogen) atoms. The predicted octanol–water partition coefficient (Wildman–Crippen LogP) is 3.25. The number of aromatic nitrogens is 2. The van der Waals surface area contributed by atoms with Crippen molar-refractivity contribution in [2.24, 2.45) is 0 Å². The van der Waals surface area contributed by atoms with Gasteiger partial charge in [-0.1, -0.05) is 31.2 Å². The number of aryl methyl sites for hydroxylation is 1. The Balaban J connectivity index is 1.85. The molecule has 0 amide bonds. The summed E-state index contributed by atoms with van der Waals surface area (Å²) in [5, 5.41) is 8.25. The van der Waals surface area contributed by atoms with Gasteiger partial charge in [-0.3, -0.25) is 4.68 Å². The number of nitrogens with one attached hydrogen (secondary N) is 1. The fraction of sp³-hybridized carbons (Fsp3) is 0.500. The van der Waals surface area contributed by atoms with Gasteiger partial charge in [-0.25, -0.2) is 0 Å². The number of nitrogens with zero attached hydrogens (tertiary/aromatic N) is 2. The van der Waals surface area contributed by atoms with Gasteiger partial charge in [-0.2, -0.15) is 5.10 Å². The zero-order valence-corrected chi connectivity index (χ0v) is 13.3. The molecule has 112 valence electrons. The minimum Gasteiger partial charge on any atom is -0.315 e. The second-order valence-electron chi connectivity index (χ2n) is 6.42. The highest BCUT2D eigenvalue weighted by Gasteiger charge is 2.40. The molecule has 1 aromatic carbocycles. The SMILES string of the molecule is CCC(C)n1ccc(CC2(c3ccccc3C)CNC2)n1. The summed E-state index contributed by atoms with van der Waals surface area (Å²) < 4.78 is 2.10. The fourth-order valence-corrected chi connectivity index (χ4v) is 3.26. The van der Waals surface area contributed by atoms with Crippen molar-refractivity contribution in [2.45, 2.75) is 45.1 Å². The van der Waals surface area contributed by atoms with Crippen molar-refractivity contribution in [3.8, 4) is 0 Å². The van der Waals surface area contributed by atoms with Crippen LogP contribution in [0.1, 0.15) is 43.1 Å². The summed E-state index contributed by atoms with van der Waals surface area (Å²) in [5.74, 6) is 0. The summed E-state index contributed by atoms with van der Waals surface area (Å²) in [6.45, 7) is 8.74. The number of hydrogen-bond acceptors (Lipinski definition) is 2. The molecule has 0 spiro atoms. The number of hydrogen-bond donors (Lipinski definition) is 1. The van der Waals surface area contributed by atoms with Crippen molar-refractivity contribution in [2.75, 3.05) is 13.1 Å². The topological polar surface area (TPSA) is 29.9 Å². The first-order valence-corrected chi connectivity index (χ1v) is 7.95. The van der Waals surface area contributed by atoms with E-state index in [0.717, 1.165) is 25.9 Å². The van der Waals surface area contributed by atoms with Crippen LogP contribution in [-0.2, 0) is 11.8 Å². The lowest BCUT2D eigenvalue weighted by Gasteiger charge is -2.44. The predicted molar refractivity (Wildman–Crippen MR) is 86.7 cm³/mol. The maximum Gasteiger partial charge on any atom is 0.0634 e. The standard InChI is InChI=1S/C18H25N3/c1-4-15(3)21-10-9-16(20-21)11-18(12-19-13-18)17-8-6-5-7-14(17)2/h5-10,15,19H,4,11-13H2,1-3H3. The first-order valence-electron chi connectivity index (χ1n) is 7.95. The molecule has 1 unspecified atom stereocenters. The molecule has 0 saturated carbocycles. The van der Waals surface area contributed by atoms with Crippen molar-refractivity contribution < 1.29 is 0 Å². The molecule has 1 saturated heterocycles. The average Bonchev–Trinajstić information content (AvgIpc) is 2.91. The van der Waals surface area contributed by atoms with Crippen LogP contribution in [0.3, 0.4) is 0 Å². The monoisotopic (exact) mass is 283 g/mol. The van der Waals surface area contributed by atoms with E-state index in [2.05, 4.69) is 67.3 Å². The Labute approximate surface area is 127 Å². The molecule has 3 nitrogen and oxygen atoms in total. The van der Waals surface area contributed by atoms with E-state index in [1.165, 1.54) is 16.8 Å². The lowest BCUT2D eigenvalue weighted by atomic mass is 9.70. The fourth-order valence-electron chi connectivity index (χ4n) is 3.26. The van der Waals surface area contributed by atoms with Crippen LogP contribution in [0.2, 0.25) is 0 Å². The van der Waals surface area contributed by atoms with Gasteiger partial charge in [0.1, 0.15) is 0 Å². The van der Waals surface area contributed by atoms with Crippen molar-refractivity contribution in [3.05, 3.63) is 53.3 Å². The Bertz CT molecular complexity index is 610. The van der Waals surface area contributed by atoms with Gasteiger partial charge in [0.15, 0.2) is 0 Å². The first-order chi connectivity index (χ1) is 10.1. The molecule has 1 N–H and O–H groups in total. The van der Waals surface area contributed by atoms with Crippen LogP contribution in [-0.4, -0.2) is 22.9 Å². The minimum atomic E-state index is 0.222. The Hall–Kier alpha value is -1.61. The molecule has 1 aliphatic heterocycles. The molecular formula is C18H25N3. The van der Waals surface area contributed by atoms with E-state index >= 15 is 0 Å².